The van der Waals surface area contributed by atoms with Crippen LogP contribution in [0.1, 0.15) is 39.8 Å². The number of esters is 2. The number of amides is 2. The lowest BCUT2D eigenvalue weighted by Gasteiger charge is -2.22. The van der Waals surface area contributed by atoms with Crippen LogP contribution in [-0.2, 0) is 19.1 Å². The van der Waals surface area contributed by atoms with Crippen LogP contribution in [0.4, 0.5) is 5.69 Å². The van der Waals surface area contributed by atoms with Crippen molar-refractivity contribution in [2.45, 2.75) is 25.8 Å². The molecule has 0 radical (unpaired) electrons. The molecule has 30 heavy (non-hydrogen) atoms. The van der Waals surface area contributed by atoms with E-state index in [0.717, 1.165) is 0 Å². The van der Waals surface area contributed by atoms with E-state index in [0.29, 0.717) is 35.5 Å². The number of benzene rings is 1. The van der Waals surface area contributed by atoms with Gasteiger partial charge in [0.05, 0.1) is 17.0 Å². The quantitative estimate of drug-likeness (QED) is 0.678. The highest BCUT2D eigenvalue weighted by Gasteiger charge is 2.36. The fraction of sp³-hybridized carbons (Fsp3) is 0.333. The molecule has 1 aromatic carbocycles. The molecule has 0 bridgehead atoms. The largest absolute Gasteiger partial charge is 0.462 e. The van der Waals surface area contributed by atoms with Crippen LogP contribution in [0.5, 0.6) is 0 Å². The molecule has 8 nitrogen and oxygen atoms in total. The number of rotatable bonds is 7. The number of likely N-dealkylation sites (tertiary alicyclic amines) is 1. The van der Waals surface area contributed by atoms with Crippen LogP contribution >= 0.6 is 11.3 Å². The molecule has 1 unspecified atom stereocenters. The zero-order valence-electron chi connectivity index (χ0n) is 16.5. The summed E-state index contributed by atoms with van der Waals surface area (Å²) in [6.07, 6.45) is 1.21. The normalized spacial score (nSPS) is 15.5. The van der Waals surface area contributed by atoms with E-state index in [1.165, 1.54) is 28.4 Å². The second-order valence-electron chi connectivity index (χ2n) is 6.59. The Morgan fingerprint density at radius 1 is 1.13 bits per heavy atom. The summed E-state index contributed by atoms with van der Waals surface area (Å²) < 4.78 is 10.0. The van der Waals surface area contributed by atoms with E-state index >= 15 is 0 Å². The van der Waals surface area contributed by atoms with Crippen LogP contribution in [-0.4, -0.2) is 54.5 Å². The van der Waals surface area contributed by atoms with Gasteiger partial charge in [-0.1, -0.05) is 6.07 Å². The van der Waals surface area contributed by atoms with E-state index in [1.807, 2.05) is 0 Å². The zero-order chi connectivity index (χ0) is 21.5. The molecular weight excluding hydrogens is 408 g/mol. The van der Waals surface area contributed by atoms with Gasteiger partial charge in [0, 0.05) is 12.2 Å². The molecule has 2 amide bonds. The molecule has 1 aromatic heterocycles. The molecular formula is C21H22N2O6S. The topological polar surface area (TPSA) is 102 Å². The van der Waals surface area contributed by atoms with Crippen molar-refractivity contribution in [3.63, 3.8) is 0 Å². The van der Waals surface area contributed by atoms with Crippen molar-refractivity contribution >= 4 is 40.8 Å². The van der Waals surface area contributed by atoms with Gasteiger partial charge in [-0.25, -0.2) is 9.59 Å². The molecule has 3 rings (SSSR count). The first-order chi connectivity index (χ1) is 14.5. The molecule has 1 saturated heterocycles. The number of carbonyl (C=O) groups excluding carboxylic acids is 4. The molecule has 9 heteroatoms. The number of thiophene rings is 1. The van der Waals surface area contributed by atoms with Gasteiger partial charge < -0.3 is 19.7 Å². The van der Waals surface area contributed by atoms with Crippen molar-refractivity contribution in [2.75, 3.05) is 25.1 Å². The molecule has 2 aromatic rings. The minimum absolute atomic E-state index is 0.199. The number of ether oxygens (including phenoxy) is 2. The van der Waals surface area contributed by atoms with Crippen molar-refractivity contribution in [1.29, 1.82) is 0 Å². The predicted octanol–water partition coefficient (Wildman–Crippen LogP) is 2.71. The number of carbonyl (C=O) groups is 4. The average Bonchev–Trinajstić information content (AvgIpc) is 3.44. The fourth-order valence-electron chi connectivity index (χ4n) is 3.13. The number of nitrogens with one attached hydrogen (secondary N) is 1. The van der Waals surface area contributed by atoms with E-state index in [-0.39, 0.29) is 12.5 Å². The molecule has 1 N–H and O–H groups in total. The Labute approximate surface area is 177 Å². The number of hydrogen-bond acceptors (Lipinski definition) is 7. The summed E-state index contributed by atoms with van der Waals surface area (Å²) in [7, 11) is 0. The molecule has 0 aliphatic carbocycles. The summed E-state index contributed by atoms with van der Waals surface area (Å²) in [5.74, 6) is -1.75. The van der Waals surface area contributed by atoms with Crippen LogP contribution in [0.3, 0.4) is 0 Å². The van der Waals surface area contributed by atoms with Crippen molar-refractivity contribution in [1.82, 2.24) is 4.90 Å². The third kappa shape index (κ3) is 5.24. The maximum Gasteiger partial charge on any atom is 0.338 e. The van der Waals surface area contributed by atoms with Gasteiger partial charge in [0.15, 0.2) is 6.61 Å². The van der Waals surface area contributed by atoms with Crippen LogP contribution in [0, 0.1) is 0 Å². The summed E-state index contributed by atoms with van der Waals surface area (Å²) in [4.78, 5) is 50.8. The van der Waals surface area contributed by atoms with Gasteiger partial charge in [-0.2, -0.15) is 0 Å². The molecule has 158 valence electrons. The first-order valence-corrected chi connectivity index (χ1v) is 10.5. The van der Waals surface area contributed by atoms with Crippen LogP contribution in [0.2, 0.25) is 0 Å². The maximum atomic E-state index is 12.5. The zero-order valence-corrected chi connectivity index (χ0v) is 17.3. The highest BCUT2D eigenvalue weighted by Crippen LogP contribution is 2.23. The number of anilines is 1. The van der Waals surface area contributed by atoms with E-state index in [9.17, 15) is 19.2 Å². The number of hydrogen-bond donors (Lipinski definition) is 1. The standard InChI is InChI=1S/C21H22N2O6S/c1-2-28-20(26)14-7-9-15(10-8-14)22-18(24)13-29-21(27)16-5-3-11-23(16)19(25)17-6-4-12-30-17/h4,6-10,12,16H,2-3,5,11,13H2,1H3,(H,22,24). The Morgan fingerprint density at radius 2 is 1.90 bits per heavy atom. The highest BCUT2D eigenvalue weighted by molar-refractivity contribution is 7.12. The van der Waals surface area contributed by atoms with Crippen molar-refractivity contribution in [3.8, 4) is 0 Å². The van der Waals surface area contributed by atoms with E-state index in [2.05, 4.69) is 5.32 Å². The fourth-order valence-corrected chi connectivity index (χ4v) is 3.81. The Kier molecular flexibility index (Phi) is 7.18. The summed E-state index contributed by atoms with van der Waals surface area (Å²) in [5.41, 5.74) is 0.831. The molecule has 0 saturated carbocycles. The maximum absolute atomic E-state index is 12.5. The van der Waals surface area contributed by atoms with Gasteiger partial charge in [0.1, 0.15) is 6.04 Å². The second-order valence-corrected chi connectivity index (χ2v) is 7.54. The Morgan fingerprint density at radius 3 is 2.57 bits per heavy atom. The second kappa shape index (κ2) is 10.0. The lowest BCUT2D eigenvalue weighted by Crippen LogP contribution is -2.41. The van der Waals surface area contributed by atoms with E-state index in [4.69, 9.17) is 9.47 Å². The van der Waals surface area contributed by atoms with Crippen molar-refractivity contribution < 1.29 is 28.7 Å². The van der Waals surface area contributed by atoms with Gasteiger partial charge in [-0.15, -0.1) is 11.3 Å². The molecule has 1 atom stereocenters. The molecule has 1 aliphatic heterocycles. The van der Waals surface area contributed by atoms with E-state index < -0.39 is 30.5 Å². The Balaban J connectivity index is 1.50. The van der Waals surface area contributed by atoms with Crippen LogP contribution < -0.4 is 5.32 Å². The van der Waals surface area contributed by atoms with Crippen LogP contribution in [0.15, 0.2) is 41.8 Å². The third-order valence-corrected chi connectivity index (χ3v) is 5.40. The van der Waals surface area contributed by atoms with Crippen molar-refractivity contribution in [2.24, 2.45) is 0 Å². The smallest absolute Gasteiger partial charge is 0.338 e. The first kappa shape index (κ1) is 21.5. The monoisotopic (exact) mass is 430 g/mol. The average molecular weight is 430 g/mol. The minimum atomic E-state index is -0.684. The molecule has 1 aliphatic rings. The van der Waals surface area contributed by atoms with E-state index in [1.54, 1.807) is 36.6 Å². The van der Waals surface area contributed by atoms with Crippen LogP contribution in [0.25, 0.3) is 0 Å². The van der Waals surface area contributed by atoms with Gasteiger partial charge in [0.2, 0.25) is 0 Å². The summed E-state index contributed by atoms with van der Waals surface area (Å²) in [6.45, 7) is 2.02. The Bertz CT molecular complexity index is 910. The van der Waals surface area contributed by atoms with Gasteiger partial charge >= 0.3 is 11.9 Å². The highest BCUT2D eigenvalue weighted by atomic mass is 32.1. The molecule has 2 heterocycles. The Hall–Kier alpha value is -3.20. The lowest BCUT2D eigenvalue weighted by molar-refractivity contribution is -0.151. The van der Waals surface area contributed by atoms with Gasteiger partial charge in [-0.3, -0.25) is 9.59 Å². The third-order valence-electron chi connectivity index (χ3n) is 4.54. The predicted molar refractivity (Wildman–Crippen MR) is 110 cm³/mol. The number of nitrogens with zero attached hydrogens (tertiary/aromatic N) is 1. The summed E-state index contributed by atoms with van der Waals surface area (Å²) in [5, 5.41) is 4.40. The SMILES string of the molecule is CCOC(=O)c1ccc(NC(=O)COC(=O)C2CCCN2C(=O)c2cccs2)cc1. The molecule has 1 fully saturated rings. The van der Waals surface area contributed by atoms with Gasteiger partial charge in [-0.05, 0) is 55.5 Å². The summed E-state index contributed by atoms with van der Waals surface area (Å²) >= 11 is 1.32. The first-order valence-electron chi connectivity index (χ1n) is 9.57. The lowest BCUT2D eigenvalue weighted by atomic mass is 10.2. The van der Waals surface area contributed by atoms with Gasteiger partial charge in [0.25, 0.3) is 11.8 Å². The minimum Gasteiger partial charge on any atom is -0.462 e. The summed E-state index contributed by atoms with van der Waals surface area (Å²) in [6, 6.07) is 9.00. The molecule has 0 spiro atoms. The van der Waals surface area contributed by atoms with Crippen molar-refractivity contribution in [3.05, 3.63) is 52.2 Å².